The molecule has 0 fully saturated rings. The molecule has 0 saturated heterocycles. The van der Waals surface area contributed by atoms with E-state index < -0.39 is 0 Å². The summed E-state index contributed by atoms with van der Waals surface area (Å²) in [5, 5.41) is 0. The first-order valence-corrected chi connectivity index (χ1v) is 3.41. The molecule has 0 radical (unpaired) electrons. The van der Waals surface area contributed by atoms with E-state index in [0.29, 0.717) is 12.1 Å². The number of anilines is 1. The Morgan fingerprint density at radius 3 is 2.92 bits per heavy atom. The van der Waals surface area contributed by atoms with Crippen molar-refractivity contribution in [1.29, 1.82) is 0 Å². The van der Waals surface area contributed by atoms with Gasteiger partial charge in [-0.05, 0) is 6.07 Å². The van der Waals surface area contributed by atoms with E-state index in [2.05, 4.69) is 16.8 Å². The number of rotatable bonds is 0. The van der Waals surface area contributed by atoms with Gasteiger partial charge in [0.05, 0.1) is 12.2 Å². The third kappa shape index (κ3) is 1.87. The van der Waals surface area contributed by atoms with Crippen LogP contribution in [0.4, 0.5) is 5.69 Å². The summed E-state index contributed by atoms with van der Waals surface area (Å²) in [6.45, 7) is 0.291. The lowest BCUT2D eigenvalue weighted by Crippen LogP contribution is -2.10. The van der Waals surface area contributed by atoms with Crippen molar-refractivity contribution in [3.05, 3.63) is 28.2 Å². The molecule has 0 bridgehead atoms. The first kappa shape index (κ1) is 8.37. The second-order valence-corrected chi connectivity index (χ2v) is 2.18. The van der Waals surface area contributed by atoms with Crippen LogP contribution in [0.3, 0.4) is 0 Å². The predicted molar refractivity (Wildman–Crippen MR) is 47.4 cm³/mol. The largest absolute Gasteiger partial charge is 0.394 e. The Bertz CT molecular complexity index is 383. The predicted octanol–water partition coefficient (Wildman–Crippen LogP) is -0.733. The second kappa shape index (κ2) is 3.60. The Kier molecular flexibility index (Phi) is 2.51. The number of hydrogen-bond acceptors (Lipinski definition) is 3. The average molecular weight is 163 g/mol. The molecule has 62 valence electrons. The summed E-state index contributed by atoms with van der Waals surface area (Å²) in [5.41, 5.74) is 11.0. The van der Waals surface area contributed by atoms with Crippen LogP contribution in [-0.4, -0.2) is 11.5 Å². The van der Waals surface area contributed by atoms with Gasteiger partial charge >= 0.3 is 0 Å². The first-order chi connectivity index (χ1) is 5.74. The molecular formula is C8H9N3O. The van der Waals surface area contributed by atoms with Crippen LogP contribution in [0.1, 0.15) is 5.56 Å². The number of H-pyrrole nitrogens is 1. The number of hydrogen-bond donors (Lipinski definition) is 3. The standard InChI is InChI=1S/C8H9N3O/c9-3-1-2-6-4-7(10)8(12)11-5-6/h4-5H,3,9-10H2,(H,11,12). The van der Waals surface area contributed by atoms with Gasteiger partial charge in [-0.1, -0.05) is 11.8 Å². The summed E-state index contributed by atoms with van der Waals surface area (Å²) in [4.78, 5) is 13.2. The van der Waals surface area contributed by atoms with Gasteiger partial charge in [-0.3, -0.25) is 4.79 Å². The number of nitrogens with one attached hydrogen (secondary N) is 1. The summed E-state index contributed by atoms with van der Waals surface area (Å²) >= 11 is 0. The van der Waals surface area contributed by atoms with E-state index in [-0.39, 0.29) is 11.2 Å². The number of pyridine rings is 1. The number of aromatic nitrogens is 1. The molecule has 1 aromatic rings. The van der Waals surface area contributed by atoms with Crippen LogP contribution in [0.15, 0.2) is 17.1 Å². The highest BCUT2D eigenvalue weighted by molar-refractivity contribution is 5.44. The highest BCUT2D eigenvalue weighted by atomic mass is 16.1. The van der Waals surface area contributed by atoms with E-state index in [1.807, 2.05) is 0 Å². The van der Waals surface area contributed by atoms with Crippen LogP contribution in [0.5, 0.6) is 0 Å². The monoisotopic (exact) mass is 163 g/mol. The zero-order chi connectivity index (χ0) is 8.97. The van der Waals surface area contributed by atoms with Crippen molar-refractivity contribution in [2.45, 2.75) is 0 Å². The molecule has 0 unspecified atom stereocenters. The van der Waals surface area contributed by atoms with Gasteiger partial charge < -0.3 is 16.5 Å². The van der Waals surface area contributed by atoms with Crippen molar-refractivity contribution in [3.8, 4) is 11.8 Å². The number of nitrogen functional groups attached to an aromatic ring is 1. The molecule has 0 aliphatic carbocycles. The van der Waals surface area contributed by atoms with Gasteiger partial charge in [-0.15, -0.1) is 0 Å². The fourth-order valence-corrected chi connectivity index (χ4v) is 0.727. The molecule has 4 nitrogen and oxygen atoms in total. The van der Waals surface area contributed by atoms with Gasteiger partial charge in [0.2, 0.25) is 0 Å². The maximum absolute atomic E-state index is 10.8. The molecule has 0 saturated carbocycles. The van der Waals surface area contributed by atoms with Crippen molar-refractivity contribution in [3.63, 3.8) is 0 Å². The van der Waals surface area contributed by atoms with E-state index in [4.69, 9.17) is 11.5 Å². The average Bonchev–Trinajstić information content (AvgIpc) is 2.07. The van der Waals surface area contributed by atoms with Gasteiger partial charge in [0.1, 0.15) is 0 Å². The van der Waals surface area contributed by atoms with Crippen LogP contribution in [-0.2, 0) is 0 Å². The zero-order valence-electron chi connectivity index (χ0n) is 6.42. The van der Waals surface area contributed by atoms with Crippen molar-refractivity contribution < 1.29 is 0 Å². The highest BCUT2D eigenvalue weighted by Gasteiger charge is 1.92. The van der Waals surface area contributed by atoms with Gasteiger partial charge in [0.15, 0.2) is 0 Å². The molecule has 5 N–H and O–H groups in total. The van der Waals surface area contributed by atoms with Crippen LogP contribution in [0.25, 0.3) is 0 Å². The van der Waals surface area contributed by atoms with E-state index >= 15 is 0 Å². The number of nitrogens with two attached hydrogens (primary N) is 2. The van der Waals surface area contributed by atoms with Crippen LogP contribution in [0, 0.1) is 11.8 Å². The molecule has 0 atom stereocenters. The molecule has 0 aromatic carbocycles. The lowest BCUT2D eigenvalue weighted by atomic mass is 10.2. The SMILES string of the molecule is NCC#Cc1c[nH]c(=O)c(N)c1. The Morgan fingerprint density at radius 1 is 1.58 bits per heavy atom. The second-order valence-electron chi connectivity index (χ2n) is 2.18. The lowest BCUT2D eigenvalue weighted by molar-refractivity contribution is 1.23. The molecule has 0 spiro atoms. The van der Waals surface area contributed by atoms with E-state index in [9.17, 15) is 4.79 Å². The van der Waals surface area contributed by atoms with Crippen molar-refractivity contribution >= 4 is 5.69 Å². The first-order valence-electron chi connectivity index (χ1n) is 3.41. The zero-order valence-corrected chi connectivity index (χ0v) is 6.42. The highest BCUT2D eigenvalue weighted by Crippen LogP contribution is 1.96. The minimum absolute atomic E-state index is 0.166. The van der Waals surface area contributed by atoms with E-state index in [1.54, 1.807) is 0 Å². The fourth-order valence-electron chi connectivity index (χ4n) is 0.727. The number of aromatic amines is 1. The summed E-state index contributed by atoms with van der Waals surface area (Å²) in [6.07, 6.45) is 1.50. The van der Waals surface area contributed by atoms with Crippen LogP contribution >= 0.6 is 0 Å². The third-order valence-electron chi connectivity index (χ3n) is 1.27. The minimum Gasteiger partial charge on any atom is -0.394 e. The third-order valence-corrected chi connectivity index (χ3v) is 1.27. The minimum atomic E-state index is -0.298. The maximum atomic E-state index is 10.8. The van der Waals surface area contributed by atoms with Gasteiger partial charge in [-0.2, -0.15) is 0 Å². The normalized spacial score (nSPS) is 8.75. The summed E-state index contributed by atoms with van der Waals surface area (Å²) < 4.78 is 0. The van der Waals surface area contributed by atoms with Gasteiger partial charge in [0.25, 0.3) is 5.56 Å². The quantitative estimate of drug-likeness (QED) is 0.441. The summed E-state index contributed by atoms with van der Waals surface area (Å²) in [5.74, 6) is 5.40. The Morgan fingerprint density at radius 2 is 2.33 bits per heavy atom. The molecule has 0 aliphatic heterocycles. The van der Waals surface area contributed by atoms with Gasteiger partial charge in [0, 0.05) is 11.8 Å². The Labute approximate surface area is 69.6 Å². The van der Waals surface area contributed by atoms with Crippen molar-refractivity contribution in [2.24, 2.45) is 5.73 Å². The van der Waals surface area contributed by atoms with Gasteiger partial charge in [-0.25, -0.2) is 0 Å². The molecule has 1 aromatic heterocycles. The van der Waals surface area contributed by atoms with Crippen molar-refractivity contribution in [2.75, 3.05) is 12.3 Å². The molecule has 0 amide bonds. The van der Waals surface area contributed by atoms with Crippen LogP contribution < -0.4 is 17.0 Å². The Hall–Kier alpha value is -1.73. The molecule has 1 rings (SSSR count). The van der Waals surface area contributed by atoms with Crippen LogP contribution in [0.2, 0.25) is 0 Å². The van der Waals surface area contributed by atoms with E-state index in [0.717, 1.165) is 0 Å². The summed E-state index contributed by atoms with van der Waals surface area (Å²) in [7, 11) is 0. The molecule has 12 heavy (non-hydrogen) atoms. The van der Waals surface area contributed by atoms with E-state index in [1.165, 1.54) is 12.3 Å². The Balaban J connectivity index is 3.05. The molecule has 0 aliphatic rings. The molecule has 4 heteroatoms. The summed E-state index contributed by atoms with van der Waals surface area (Å²) in [6, 6.07) is 1.52. The smallest absolute Gasteiger partial charge is 0.271 e. The molecular weight excluding hydrogens is 154 g/mol. The fraction of sp³-hybridized carbons (Fsp3) is 0.125. The topological polar surface area (TPSA) is 84.9 Å². The lowest BCUT2D eigenvalue weighted by Gasteiger charge is -1.91. The molecule has 1 heterocycles. The maximum Gasteiger partial charge on any atom is 0.271 e. The van der Waals surface area contributed by atoms with Crippen molar-refractivity contribution in [1.82, 2.24) is 4.98 Å².